The third-order valence-electron chi connectivity index (χ3n) is 2.57. The highest BCUT2D eigenvalue weighted by atomic mass is 16.5. The van der Waals surface area contributed by atoms with Gasteiger partial charge >= 0.3 is 0 Å². The van der Waals surface area contributed by atoms with E-state index in [0.717, 1.165) is 22.6 Å². The smallest absolute Gasteiger partial charge is 0.120 e. The summed E-state index contributed by atoms with van der Waals surface area (Å²) in [6, 6.07) is 15.6. The molecule has 0 aromatic heterocycles. The molecule has 0 heterocycles. The van der Waals surface area contributed by atoms with Gasteiger partial charge in [0.2, 0.25) is 0 Å². The van der Waals surface area contributed by atoms with Gasteiger partial charge in [-0.1, -0.05) is 24.3 Å². The van der Waals surface area contributed by atoms with Gasteiger partial charge in [0.15, 0.2) is 0 Å². The van der Waals surface area contributed by atoms with Crippen molar-refractivity contribution in [1.29, 1.82) is 0 Å². The molecule has 0 amide bonds. The van der Waals surface area contributed by atoms with Crippen molar-refractivity contribution in [3.05, 3.63) is 59.7 Å². The van der Waals surface area contributed by atoms with Crippen LogP contribution >= 0.6 is 0 Å². The Labute approximate surface area is 107 Å². The summed E-state index contributed by atoms with van der Waals surface area (Å²) in [6.07, 6.45) is 0. The molecule has 94 valence electrons. The highest BCUT2D eigenvalue weighted by Gasteiger charge is 1.98. The predicted molar refractivity (Wildman–Crippen MR) is 72.3 cm³/mol. The van der Waals surface area contributed by atoms with Crippen LogP contribution in [0.2, 0.25) is 0 Å². The van der Waals surface area contributed by atoms with Gasteiger partial charge in [0.05, 0.1) is 6.61 Å². The molecule has 18 heavy (non-hydrogen) atoms. The number of rotatable bonds is 5. The van der Waals surface area contributed by atoms with Gasteiger partial charge in [0, 0.05) is 12.8 Å². The third-order valence-corrected chi connectivity index (χ3v) is 2.57. The van der Waals surface area contributed by atoms with Crippen LogP contribution in [0.25, 0.3) is 0 Å². The zero-order valence-corrected chi connectivity index (χ0v) is 10.4. The van der Waals surface area contributed by atoms with E-state index in [2.05, 4.69) is 0 Å². The van der Waals surface area contributed by atoms with Gasteiger partial charge in [-0.15, -0.1) is 0 Å². The summed E-state index contributed by atoms with van der Waals surface area (Å²) >= 11 is 0. The molecule has 0 aliphatic heterocycles. The number of nitrogen functional groups attached to an aromatic ring is 1. The molecular weight excluding hydrogens is 226 g/mol. The molecule has 2 rings (SSSR count). The van der Waals surface area contributed by atoms with E-state index in [-0.39, 0.29) is 0 Å². The van der Waals surface area contributed by atoms with Crippen molar-refractivity contribution >= 4 is 5.69 Å². The predicted octanol–water partition coefficient (Wildman–Crippen LogP) is 2.99. The average molecular weight is 243 g/mol. The highest BCUT2D eigenvalue weighted by molar-refractivity contribution is 5.40. The van der Waals surface area contributed by atoms with E-state index in [1.165, 1.54) is 0 Å². The van der Waals surface area contributed by atoms with Crippen molar-refractivity contribution in [1.82, 2.24) is 0 Å². The van der Waals surface area contributed by atoms with Crippen LogP contribution in [0.5, 0.6) is 5.75 Å². The summed E-state index contributed by atoms with van der Waals surface area (Å²) in [4.78, 5) is 0. The third kappa shape index (κ3) is 3.50. The van der Waals surface area contributed by atoms with Gasteiger partial charge < -0.3 is 15.2 Å². The van der Waals surface area contributed by atoms with E-state index in [1.807, 2.05) is 48.5 Å². The highest BCUT2D eigenvalue weighted by Crippen LogP contribution is 2.16. The van der Waals surface area contributed by atoms with E-state index < -0.39 is 0 Å². The standard InChI is InChI=1S/C15H17NO2/c1-17-10-13-5-3-7-15(9-13)18-11-12-4-2-6-14(16)8-12/h2-9H,10-11,16H2,1H3. The van der Waals surface area contributed by atoms with Crippen molar-refractivity contribution in [3.8, 4) is 5.75 Å². The molecule has 2 aromatic rings. The van der Waals surface area contributed by atoms with Crippen molar-refractivity contribution < 1.29 is 9.47 Å². The summed E-state index contributed by atoms with van der Waals surface area (Å²) in [5, 5.41) is 0. The Morgan fingerprint density at radius 3 is 2.39 bits per heavy atom. The van der Waals surface area contributed by atoms with Gasteiger partial charge in [-0.25, -0.2) is 0 Å². The molecule has 0 unspecified atom stereocenters. The molecule has 0 spiro atoms. The molecule has 0 aliphatic carbocycles. The lowest BCUT2D eigenvalue weighted by Crippen LogP contribution is -1.97. The topological polar surface area (TPSA) is 44.5 Å². The molecule has 0 atom stereocenters. The van der Waals surface area contributed by atoms with E-state index in [9.17, 15) is 0 Å². The molecule has 0 radical (unpaired) electrons. The van der Waals surface area contributed by atoms with E-state index in [1.54, 1.807) is 7.11 Å². The fourth-order valence-electron chi connectivity index (χ4n) is 1.74. The Morgan fingerprint density at radius 1 is 0.944 bits per heavy atom. The second-order valence-electron chi connectivity index (χ2n) is 4.11. The Hall–Kier alpha value is -2.00. The maximum absolute atomic E-state index is 5.72. The van der Waals surface area contributed by atoms with Gasteiger partial charge in [-0.2, -0.15) is 0 Å². The van der Waals surface area contributed by atoms with E-state index in [4.69, 9.17) is 15.2 Å². The van der Waals surface area contributed by atoms with Crippen molar-refractivity contribution in [3.63, 3.8) is 0 Å². The molecular formula is C15H17NO2. The van der Waals surface area contributed by atoms with Crippen LogP contribution < -0.4 is 10.5 Å². The Kier molecular flexibility index (Phi) is 4.20. The molecule has 3 nitrogen and oxygen atoms in total. The summed E-state index contributed by atoms with van der Waals surface area (Å²) in [5.74, 6) is 0.840. The fourth-order valence-corrected chi connectivity index (χ4v) is 1.74. The summed E-state index contributed by atoms with van der Waals surface area (Å²) in [6.45, 7) is 1.11. The molecule has 0 bridgehead atoms. The SMILES string of the molecule is COCc1cccc(OCc2cccc(N)c2)c1. The second-order valence-corrected chi connectivity index (χ2v) is 4.11. The van der Waals surface area contributed by atoms with Crippen molar-refractivity contribution in [2.75, 3.05) is 12.8 Å². The summed E-state index contributed by atoms with van der Waals surface area (Å²) in [7, 11) is 1.68. The van der Waals surface area contributed by atoms with Crippen molar-refractivity contribution in [2.24, 2.45) is 0 Å². The molecule has 0 saturated heterocycles. The molecule has 0 saturated carbocycles. The Bertz CT molecular complexity index is 511. The van der Waals surface area contributed by atoms with Crippen LogP contribution in [-0.2, 0) is 18.0 Å². The second kappa shape index (κ2) is 6.07. The number of ether oxygens (including phenoxy) is 2. The van der Waals surface area contributed by atoms with Crippen LogP contribution in [0.3, 0.4) is 0 Å². The first-order valence-corrected chi connectivity index (χ1v) is 5.83. The number of benzene rings is 2. The molecule has 0 aliphatic rings. The molecule has 2 aromatic carbocycles. The number of anilines is 1. The van der Waals surface area contributed by atoms with Crippen LogP contribution in [-0.4, -0.2) is 7.11 Å². The number of methoxy groups -OCH3 is 1. The normalized spacial score (nSPS) is 10.3. The summed E-state index contributed by atoms with van der Waals surface area (Å²) in [5.41, 5.74) is 8.63. The Morgan fingerprint density at radius 2 is 1.67 bits per heavy atom. The fraction of sp³-hybridized carbons (Fsp3) is 0.200. The van der Waals surface area contributed by atoms with Gasteiger partial charge in [-0.3, -0.25) is 0 Å². The average Bonchev–Trinajstić information content (AvgIpc) is 2.37. The largest absolute Gasteiger partial charge is 0.489 e. The Balaban J connectivity index is 1.99. The lowest BCUT2D eigenvalue weighted by molar-refractivity contribution is 0.184. The van der Waals surface area contributed by atoms with E-state index >= 15 is 0 Å². The molecule has 0 fully saturated rings. The lowest BCUT2D eigenvalue weighted by Gasteiger charge is -2.08. The molecule has 2 N–H and O–H groups in total. The first kappa shape index (κ1) is 12.5. The minimum Gasteiger partial charge on any atom is -0.489 e. The van der Waals surface area contributed by atoms with Crippen LogP contribution in [0.1, 0.15) is 11.1 Å². The minimum atomic E-state index is 0.515. The summed E-state index contributed by atoms with van der Waals surface area (Å²) < 4.78 is 10.8. The minimum absolute atomic E-state index is 0.515. The number of nitrogens with two attached hydrogens (primary N) is 1. The monoisotopic (exact) mass is 243 g/mol. The number of hydrogen-bond donors (Lipinski definition) is 1. The van der Waals surface area contributed by atoms with Crippen LogP contribution in [0, 0.1) is 0 Å². The zero-order valence-electron chi connectivity index (χ0n) is 10.4. The maximum atomic E-state index is 5.72. The van der Waals surface area contributed by atoms with Gasteiger partial charge in [-0.05, 0) is 35.4 Å². The van der Waals surface area contributed by atoms with Crippen LogP contribution in [0.4, 0.5) is 5.69 Å². The van der Waals surface area contributed by atoms with Crippen LogP contribution in [0.15, 0.2) is 48.5 Å². The first-order chi connectivity index (χ1) is 8.78. The van der Waals surface area contributed by atoms with Gasteiger partial charge in [0.25, 0.3) is 0 Å². The number of hydrogen-bond acceptors (Lipinski definition) is 3. The maximum Gasteiger partial charge on any atom is 0.120 e. The van der Waals surface area contributed by atoms with Gasteiger partial charge in [0.1, 0.15) is 12.4 Å². The molecule has 3 heteroatoms. The first-order valence-electron chi connectivity index (χ1n) is 5.83. The lowest BCUT2D eigenvalue weighted by atomic mass is 10.2. The quantitative estimate of drug-likeness (QED) is 0.821. The van der Waals surface area contributed by atoms with E-state index in [0.29, 0.717) is 13.2 Å². The van der Waals surface area contributed by atoms with Crippen molar-refractivity contribution in [2.45, 2.75) is 13.2 Å². The zero-order chi connectivity index (χ0) is 12.8.